The number of imide groups is 1. The Morgan fingerprint density at radius 2 is 2.06 bits per heavy atom. The lowest BCUT2D eigenvalue weighted by Gasteiger charge is -2.29. The first-order chi connectivity index (χ1) is 7.79. The van der Waals surface area contributed by atoms with Crippen molar-refractivity contribution >= 4 is 27.9 Å². The Labute approximate surface area is 110 Å². The van der Waals surface area contributed by atoms with Crippen molar-refractivity contribution in [2.24, 2.45) is 5.92 Å². The fourth-order valence-corrected chi connectivity index (χ4v) is 3.21. The molecule has 0 unspecified atom stereocenters. The molecule has 3 atom stereocenters. The van der Waals surface area contributed by atoms with E-state index in [1.165, 1.54) is 4.90 Å². The van der Waals surface area contributed by atoms with Crippen LogP contribution in [0.5, 0.6) is 0 Å². The molecule has 0 aromatic heterocycles. The molecule has 2 amide bonds. The molecule has 0 spiro atoms. The molecule has 2 fully saturated rings. The lowest BCUT2D eigenvalue weighted by Crippen LogP contribution is -2.45. The lowest BCUT2D eigenvalue weighted by molar-refractivity contribution is -0.130. The minimum absolute atomic E-state index is 0.0151. The van der Waals surface area contributed by atoms with Crippen molar-refractivity contribution in [3.8, 4) is 0 Å². The Hall–Kier alpha value is -0.580. The quantitative estimate of drug-likeness (QED) is 0.646. The Balaban J connectivity index is 2.15. The van der Waals surface area contributed by atoms with Gasteiger partial charge in [-0.2, -0.15) is 0 Å². The van der Waals surface area contributed by atoms with Gasteiger partial charge in [0.2, 0.25) is 5.91 Å². The van der Waals surface area contributed by atoms with Crippen LogP contribution in [0.1, 0.15) is 40.0 Å². The summed E-state index contributed by atoms with van der Waals surface area (Å²) in [5.41, 5.74) is -0.560. The Morgan fingerprint density at radius 1 is 1.41 bits per heavy atom. The molecular formula is C12H18BrNO3. The van der Waals surface area contributed by atoms with E-state index >= 15 is 0 Å². The molecule has 5 heteroatoms. The number of carbonyl (C=O) groups excluding carboxylic acids is 2. The van der Waals surface area contributed by atoms with Gasteiger partial charge >= 0.3 is 6.09 Å². The van der Waals surface area contributed by atoms with Crippen LogP contribution in [-0.4, -0.2) is 33.4 Å². The highest BCUT2D eigenvalue weighted by Gasteiger charge is 2.49. The van der Waals surface area contributed by atoms with E-state index in [4.69, 9.17) is 4.74 Å². The summed E-state index contributed by atoms with van der Waals surface area (Å²) in [7, 11) is 0. The van der Waals surface area contributed by atoms with Crippen LogP contribution in [0.15, 0.2) is 0 Å². The zero-order valence-corrected chi connectivity index (χ0v) is 12.0. The number of halogens is 1. The van der Waals surface area contributed by atoms with Gasteiger partial charge in [-0.05, 0) is 40.0 Å². The van der Waals surface area contributed by atoms with Crippen molar-refractivity contribution in [2.75, 3.05) is 0 Å². The highest BCUT2D eigenvalue weighted by molar-refractivity contribution is 9.09. The van der Waals surface area contributed by atoms with Gasteiger partial charge in [-0.15, -0.1) is 0 Å². The Morgan fingerprint density at radius 3 is 2.65 bits per heavy atom. The van der Waals surface area contributed by atoms with Crippen LogP contribution in [0.25, 0.3) is 0 Å². The molecule has 96 valence electrons. The van der Waals surface area contributed by atoms with Crippen LogP contribution in [0.3, 0.4) is 0 Å². The summed E-state index contributed by atoms with van der Waals surface area (Å²) in [5.74, 6) is -0.0486. The third-order valence-corrected chi connectivity index (χ3v) is 4.31. The zero-order chi connectivity index (χ0) is 12.8. The first kappa shape index (κ1) is 12.9. The maximum absolute atomic E-state index is 12.1. The molecule has 4 nitrogen and oxygen atoms in total. The number of rotatable bonds is 0. The third kappa shape index (κ3) is 2.49. The molecule has 0 N–H and O–H groups in total. The first-order valence-corrected chi connectivity index (χ1v) is 6.91. The minimum Gasteiger partial charge on any atom is -0.443 e. The second-order valence-corrected chi connectivity index (χ2v) is 6.96. The molecule has 1 saturated carbocycles. The number of likely N-dealkylation sites (tertiary alicyclic amines) is 1. The van der Waals surface area contributed by atoms with Gasteiger partial charge in [0.1, 0.15) is 5.60 Å². The summed E-state index contributed by atoms with van der Waals surface area (Å²) in [6.45, 7) is 5.43. The summed E-state index contributed by atoms with van der Waals surface area (Å²) in [6, 6.07) is -0.0314. The van der Waals surface area contributed by atoms with E-state index in [1.54, 1.807) is 0 Å². The van der Waals surface area contributed by atoms with E-state index in [0.717, 1.165) is 19.3 Å². The van der Waals surface area contributed by atoms with Crippen molar-refractivity contribution in [3.05, 3.63) is 0 Å². The molecule has 17 heavy (non-hydrogen) atoms. The predicted octanol–water partition coefficient (Wildman–Crippen LogP) is 2.70. The van der Waals surface area contributed by atoms with Gasteiger partial charge in [-0.3, -0.25) is 4.79 Å². The standard InChI is InChI=1S/C12H18BrNO3/c1-12(2,3)17-11(16)14-9-6-7(10(14)15)4-5-8(9)13/h7-9H,4-6H2,1-3H3/t7-,8-,9-/m0/s1. The van der Waals surface area contributed by atoms with E-state index in [0.29, 0.717) is 0 Å². The minimum atomic E-state index is -0.560. The number of ether oxygens (including phenoxy) is 1. The van der Waals surface area contributed by atoms with Crippen molar-refractivity contribution in [1.82, 2.24) is 4.90 Å². The average molecular weight is 304 g/mol. The number of alkyl halides is 1. The third-order valence-electron chi connectivity index (χ3n) is 3.24. The van der Waals surface area contributed by atoms with Gasteiger partial charge in [-0.1, -0.05) is 15.9 Å². The molecule has 0 aromatic carbocycles. The second kappa shape index (κ2) is 4.26. The number of nitrogens with zero attached hydrogens (tertiary/aromatic N) is 1. The number of carbonyl (C=O) groups is 2. The summed E-state index contributed by atoms with van der Waals surface area (Å²) < 4.78 is 5.29. The molecule has 0 radical (unpaired) electrons. The molecule has 1 aliphatic carbocycles. The number of hydrogen-bond acceptors (Lipinski definition) is 3. The molecule has 1 aliphatic heterocycles. The SMILES string of the molecule is CC(C)(C)OC(=O)N1C(=O)[C@H]2CC[C@H](Br)[C@@H]1C2. The predicted molar refractivity (Wildman–Crippen MR) is 66.9 cm³/mol. The summed E-state index contributed by atoms with van der Waals surface area (Å²) >= 11 is 3.56. The van der Waals surface area contributed by atoms with E-state index in [9.17, 15) is 9.59 Å². The van der Waals surface area contributed by atoms with Gasteiger partial charge in [-0.25, -0.2) is 9.69 Å². The van der Waals surface area contributed by atoms with Crippen LogP contribution < -0.4 is 0 Å². The van der Waals surface area contributed by atoms with Gasteiger partial charge in [0.05, 0.1) is 6.04 Å². The smallest absolute Gasteiger partial charge is 0.417 e. The topological polar surface area (TPSA) is 46.6 Å². The molecule has 0 aromatic rings. The lowest BCUT2D eigenvalue weighted by atomic mass is 9.90. The average Bonchev–Trinajstić information content (AvgIpc) is 2.44. The highest BCUT2D eigenvalue weighted by Crippen LogP contribution is 2.40. The normalized spacial score (nSPS) is 32.8. The van der Waals surface area contributed by atoms with Crippen LogP contribution >= 0.6 is 15.9 Å². The van der Waals surface area contributed by atoms with Gasteiger partial charge < -0.3 is 4.74 Å². The van der Waals surface area contributed by atoms with Crippen molar-refractivity contribution in [1.29, 1.82) is 0 Å². The van der Waals surface area contributed by atoms with E-state index in [-0.39, 0.29) is 22.7 Å². The molecule has 2 aliphatic rings. The largest absolute Gasteiger partial charge is 0.443 e. The Kier molecular flexibility index (Phi) is 3.23. The maximum atomic E-state index is 12.1. The monoisotopic (exact) mass is 303 g/mol. The second-order valence-electron chi connectivity index (χ2n) is 5.78. The van der Waals surface area contributed by atoms with Crippen molar-refractivity contribution < 1.29 is 14.3 Å². The van der Waals surface area contributed by atoms with Crippen molar-refractivity contribution in [3.63, 3.8) is 0 Å². The Bertz CT molecular complexity index is 350. The summed E-state index contributed by atoms with van der Waals surface area (Å²) in [6.07, 6.45) is 2.08. The number of fused-ring (bicyclic) bond motifs is 2. The van der Waals surface area contributed by atoms with Crippen LogP contribution in [0.4, 0.5) is 4.79 Å². The summed E-state index contributed by atoms with van der Waals surface area (Å²) in [4.78, 5) is 25.6. The van der Waals surface area contributed by atoms with Crippen LogP contribution in [-0.2, 0) is 9.53 Å². The van der Waals surface area contributed by atoms with E-state index in [2.05, 4.69) is 15.9 Å². The van der Waals surface area contributed by atoms with Gasteiger partial charge in [0, 0.05) is 10.7 Å². The maximum Gasteiger partial charge on any atom is 0.417 e. The molecule has 1 heterocycles. The van der Waals surface area contributed by atoms with E-state index < -0.39 is 11.7 Å². The number of hydrogen-bond donors (Lipinski definition) is 0. The molecule has 2 bridgehead atoms. The fourth-order valence-electron chi connectivity index (χ4n) is 2.50. The van der Waals surface area contributed by atoms with Gasteiger partial charge in [0.25, 0.3) is 0 Å². The molecular weight excluding hydrogens is 286 g/mol. The zero-order valence-electron chi connectivity index (χ0n) is 10.4. The van der Waals surface area contributed by atoms with E-state index in [1.807, 2.05) is 20.8 Å². The number of amides is 2. The van der Waals surface area contributed by atoms with Crippen molar-refractivity contribution in [2.45, 2.75) is 56.5 Å². The molecule has 1 saturated heterocycles. The van der Waals surface area contributed by atoms with Gasteiger partial charge in [0.15, 0.2) is 0 Å². The summed E-state index contributed by atoms with van der Waals surface area (Å²) in [5, 5.41) is 0. The highest BCUT2D eigenvalue weighted by atomic mass is 79.9. The van der Waals surface area contributed by atoms with Crippen LogP contribution in [0.2, 0.25) is 0 Å². The van der Waals surface area contributed by atoms with Crippen LogP contribution in [0, 0.1) is 5.92 Å². The molecule has 2 rings (SSSR count). The fraction of sp³-hybridized carbons (Fsp3) is 0.833. The first-order valence-electron chi connectivity index (χ1n) is 6.00.